The molecule has 5 nitrogen and oxygen atoms in total. The number of hydrogen-bond acceptors (Lipinski definition) is 2. The summed E-state index contributed by atoms with van der Waals surface area (Å²) in [4.78, 5) is 8.16. The minimum atomic E-state index is 0. The summed E-state index contributed by atoms with van der Waals surface area (Å²) < 4.78 is 0. The molecular weight excluding hydrogens is 463 g/mol. The molecule has 0 saturated carbocycles. The van der Waals surface area contributed by atoms with Gasteiger partial charge in [0, 0.05) is 36.2 Å². The molecule has 0 saturated heterocycles. The first-order valence-electron chi connectivity index (χ1n) is 9.53. The van der Waals surface area contributed by atoms with Crippen molar-refractivity contribution in [2.45, 2.75) is 26.7 Å². The third kappa shape index (κ3) is 5.89. The highest BCUT2D eigenvalue weighted by Crippen LogP contribution is 2.22. The number of hydrogen-bond donors (Lipinski definition) is 4. The normalized spacial score (nSPS) is 11.3. The van der Waals surface area contributed by atoms with Crippen LogP contribution in [-0.4, -0.2) is 35.7 Å². The first-order chi connectivity index (χ1) is 13.2. The average molecular weight is 492 g/mol. The van der Waals surface area contributed by atoms with Gasteiger partial charge in [-0.15, -0.1) is 24.0 Å². The predicted octanol–water partition coefficient (Wildman–Crippen LogP) is 4.14. The number of H-pyrrole nitrogens is 1. The quantitative estimate of drug-likeness (QED) is 0.228. The Bertz CT molecular complexity index is 920. The molecular formula is C22H29IN4O. The van der Waals surface area contributed by atoms with Crippen LogP contribution in [0.5, 0.6) is 5.75 Å². The second-order valence-electron chi connectivity index (χ2n) is 6.63. The molecule has 0 spiro atoms. The monoisotopic (exact) mass is 492 g/mol. The van der Waals surface area contributed by atoms with Crippen LogP contribution in [-0.2, 0) is 12.8 Å². The lowest BCUT2D eigenvalue weighted by Crippen LogP contribution is -2.38. The van der Waals surface area contributed by atoms with E-state index in [1.165, 1.54) is 22.2 Å². The molecule has 1 heterocycles. The molecule has 150 valence electrons. The summed E-state index contributed by atoms with van der Waals surface area (Å²) in [7, 11) is 0. The van der Waals surface area contributed by atoms with Gasteiger partial charge in [-0.3, -0.25) is 4.99 Å². The Kier molecular flexibility index (Phi) is 8.63. The third-order valence-corrected chi connectivity index (χ3v) is 4.62. The van der Waals surface area contributed by atoms with Gasteiger partial charge in [0.25, 0.3) is 0 Å². The van der Waals surface area contributed by atoms with Gasteiger partial charge >= 0.3 is 0 Å². The second kappa shape index (κ2) is 10.9. The van der Waals surface area contributed by atoms with E-state index in [9.17, 15) is 5.11 Å². The SMILES string of the molecule is CCNC(=NCCc1c(C)[nH]c2ccccc12)NCCc1cccc(O)c1.I. The molecule has 0 aliphatic rings. The number of aliphatic imine (C=N–C) groups is 1. The number of phenols is 1. The summed E-state index contributed by atoms with van der Waals surface area (Å²) in [6, 6.07) is 15.8. The number of rotatable bonds is 7. The van der Waals surface area contributed by atoms with Gasteiger partial charge in [0.15, 0.2) is 5.96 Å². The molecule has 0 atom stereocenters. The van der Waals surface area contributed by atoms with Gasteiger partial charge in [0.2, 0.25) is 0 Å². The van der Waals surface area contributed by atoms with Gasteiger partial charge in [-0.2, -0.15) is 0 Å². The van der Waals surface area contributed by atoms with Crippen LogP contribution in [0.25, 0.3) is 10.9 Å². The van der Waals surface area contributed by atoms with Crippen LogP contribution in [0.3, 0.4) is 0 Å². The van der Waals surface area contributed by atoms with Crippen molar-refractivity contribution in [1.82, 2.24) is 15.6 Å². The van der Waals surface area contributed by atoms with Gasteiger partial charge in [0.1, 0.15) is 5.75 Å². The lowest BCUT2D eigenvalue weighted by atomic mass is 10.1. The molecule has 2 aromatic carbocycles. The molecule has 3 rings (SSSR count). The smallest absolute Gasteiger partial charge is 0.191 e. The van der Waals surface area contributed by atoms with E-state index in [0.717, 1.165) is 44.0 Å². The van der Waals surface area contributed by atoms with Gasteiger partial charge in [-0.1, -0.05) is 30.3 Å². The predicted molar refractivity (Wildman–Crippen MR) is 128 cm³/mol. The third-order valence-electron chi connectivity index (χ3n) is 4.62. The number of aromatic hydroxyl groups is 1. The largest absolute Gasteiger partial charge is 0.508 e. The maximum absolute atomic E-state index is 9.55. The van der Waals surface area contributed by atoms with Crippen LogP contribution in [0.15, 0.2) is 53.5 Å². The van der Waals surface area contributed by atoms with Gasteiger partial charge in [0.05, 0.1) is 0 Å². The molecule has 4 N–H and O–H groups in total. The lowest BCUT2D eigenvalue weighted by Gasteiger charge is -2.11. The summed E-state index contributed by atoms with van der Waals surface area (Å²) in [5.41, 5.74) is 4.84. The van der Waals surface area contributed by atoms with Crippen molar-refractivity contribution in [2.75, 3.05) is 19.6 Å². The van der Waals surface area contributed by atoms with Crippen LogP contribution in [0.4, 0.5) is 0 Å². The summed E-state index contributed by atoms with van der Waals surface area (Å²) in [5.74, 6) is 1.14. The molecule has 28 heavy (non-hydrogen) atoms. The molecule has 1 aromatic heterocycles. The highest BCUT2D eigenvalue weighted by atomic mass is 127. The van der Waals surface area contributed by atoms with Crippen LogP contribution >= 0.6 is 24.0 Å². The zero-order valence-corrected chi connectivity index (χ0v) is 18.8. The molecule has 0 amide bonds. The van der Waals surface area contributed by atoms with E-state index in [1.54, 1.807) is 12.1 Å². The molecule has 0 radical (unpaired) electrons. The highest BCUT2D eigenvalue weighted by Gasteiger charge is 2.07. The molecule has 6 heteroatoms. The fourth-order valence-electron chi connectivity index (χ4n) is 3.32. The molecule has 0 aliphatic heterocycles. The van der Waals surface area contributed by atoms with Gasteiger partial charge in [-0.25, -0.2) is 0 Å². The van der Waals surface area contributed by atoms with E-state index in [-0.39, 0.29) is 24.0 Å². The minimum absolute atomic E-state index is 0. The minimum Gasteiger partial charge on any atom is -0.508 e. The van der Waals surface area contributed by atoms with Crippen molar-refractivity contribution < 1.29 is 5.11 Å². The van der Waals surface area contributed by atoms with Crippen LogP contribution in [0.1, 0.15) is 23.7 Å². The fraction of sp³-hybridized carbons (Fsp3) is 0.318. The van der Waals surface area contributed by atoms with Crippen molar-refractivity contribution in [2.24, 2.45) is 4.99 Å². The van der Waals surface area contributed by atoms with Crippen molar-refractivity contribution in [3.8, 4) is 5.75 Å². The molecule has 0 bridgehead atoms. The van der Waals surface area contributed by atoms with Crippen LogP contribution < -0.4 is 10.6 Å². The fourth-order valence-corrected chi connectivity index (χ4v) is 3.32. The number of halogens is 1. The van der Waals surface area contributed by atoms with Crippen molar-refractivity contribution in [1.29, 1.82) is 0 Å². The number of fused-ring (bicyclic) bond motifs is 1. The van der Waals surface area contributed by atoms with E-state index in [4.69, 9.17) is 4.99 Å². The summed E-state index contributed by atoms with van der Waals surface area (Å²) in [5, 5.41) is 17.5. The lowest BCUT2D eigenvalue weighted by molar-refractivity contribution is 0.474. The second-order valence-corrected chi connectivity index (χ2v) is 6.63. The number of benzene rings is 2. The number of para-hydroxylation sites is 1. The van der Waals surface area contributed by atoms with Crippen molar-refractivity contribution in [3.05, 3.63) is 65.4 Å². The highest BCUT2D eigenvalue weighted by molar-refractivity contribution is 14.0. The average Bonchev–Trinajstić information content (AvgIpc) is 2.97. The molecule has 0 aliphatic carbocycles. The molecule has 0 fully saturated rings. The maximum Gasteiger partial charge on any atom is 0.191 e. The number of nitrogens with zero attached hydrogens (tertiary/aromatic N) is 1. The van der Waals surface area contributed by atoms with Crippen molar-refractivity contribution >= 4 is 40.8 Å². The Hall–Kier alpha value is -2.22. The van der Waals surface area contributed by atoms with Crippen LogP contribution in [0.2, 0.25) is 0 Å². The first kappa shape index (κ1) is 22.1. The number of phenolic OH excluding ortho intramolecular Hbond substituents is 1. The van der Waals surface area contributed by atoms with E-state index >= 15 is 0 Å². The van der Waals surface area contributed by atoms with E-state index in [2.05, 4.69) is 53.7 Å². The zero-order valence-electron chi connectivity index (χ0n) is 16.5. The molecule has 3 aromatic rings. The Morgan fingerprint density at radius 1 is 1.07 bits per heavy atom. The number of aryl methyl sites for hydroxylation is 1. The Labute approximate surface area is 183 Å². The number of aromatic nitrogens is 1. The van der Waals surface area contributed by atoms with Crippen molar-refractivity contribution in [3.63, 3.8) is 0 Å². The molecule has 0 unspecified atom stereocenters. The standard InChI is InChI=1S/C22H28N4O.HI/c1-3-23-22(24-13-11-17-7-6-8-18(27)15-17)25-14-12-19-16(2)26-21-10-5-4-9-20(19)21;/h4-10,15,26-27H,3,11-14H2,1-2H3,(H2,23,24,25);1H. The first-order valence-corrected chi connectivity index (χ1v) is 9.53. The van der Waals surface area contributed by atoms with E-state index < -0.39 is 0 Å². The number of nitrogens with one attached hydrogen (secondary N) is 3. The topological polar surface area (TPSA) is 72.4 Å². The maximum atomic E-state index is 9.55. The number of aromatic amines is 1. The summed E-state index contributed by atoms with van der Waals surface area (Å²) in [6.07, 6.45) is 1.74. The summed E-state index contributed by atoms with van der Waals surface area (Å²) >= 11 is 0. The number of guanidine groups is 1. The summed E-state index contributed by atoms with van der Waals surface area (Å²) in [6.45, 7) is 6.50. The van der Waals surface area contributed by atoms with E-state index in [0.29, 0.717) is 5.75 Å². The van der Waals surface area contributed by atoms with Crippen LogP contribution in [0, 0.1) is 6.92 Å². The Balaban J connectivity index is 0.00000280. The Morgan fingerprint density at radius 2 is 1.89 bits per heavy atom. The van der Waals surface area contributed by atoms with E-state index in [1.807, 2.05) is 12.1 Å². The van der Waals surface area contributed by atoms with Gasteiger partial charge in [-0.05, 0) is 56.0 Å². The Morgan fingerprint density at radius 3 is 2.68 bits per heavy atom. The van der Waals surface area contributed by atoms with Gasteiger partial charge < -0.3 is 20.7 Å². The zero-order chi connectivity index (χ0) is 19.1.